The van der Waals surface area contributed by atoms with E-state index >= 15 is 0 Å². The van der Waals surface area contributed by atoms with Crippen molar-refractivity contribution >= 4 is 5.69 Å². The first-order chi connectivity index (χ1) is 9.76. The monoisotopic (exact) mass is 273 g/mol. The van der Waals surface area contributed by atoms with Gasteiger partial charge in [0.2, 0.25) is 0 Å². The first-order valence-electron chi connectivity index (χ1n) is 8.20. The van der Waals surface area contributed by atoms with Gasteiger partial charge >= 0.3 is 0 Å². The predicted octanol–water partition coefficient (Wildman–Crippen LogP) is 3.27. The first-order valence-corrected chi connectivity index (χ1v) is 8.20. The van der Waals surface area contributed by atoms with Gasteiger partial charge in [-0.2, -0.15) is 0 Å². The fourth-order valence-corrected chi connectivity index (χ4v) is 2.93. The van der Waals surface area contributed by atoms with Crippen molar-refractivity contribution in [2.75, 3.05) is 18.0 Å². The third-order valence-electron chi connectivity index (χ3n) is 4.68. The Bertz CT molecular complexity index is 450. The van der Waals surface area contributed by atoms with E-state index < -0.39 is 0 Å². The highest BCUT2D eigenvalue weighted by molar-refractivity contribution is 5.53. The summed E-state index contributed by atoms with van der Waals surface area (Å²) in [4.78, 5) is 7.06. The average Bonchev–Trinajstić information content (AvgIpc) is 3.20. The van der Waals surface area contributed by atoms with Gasteiger partial charge in [0.15, 0.2) is 0 Å². The minimum Gasteiger partial charge on any atom is -0.371 e. The van der Waals surface area contributed by atoms with Crippen LogP contribution in [-0.4, -0.2) is 24.1 Å². The van der Waals surface area contributed by atoms with E-state index in [0.29, 0.717) is 0 Å². The van der Waals surface area contributed by atoms with Crippen molar-refractivity contribution in [2.24, 2.45) is 5.92 Å². The van der Waals surface area contributed by atoms with Crippen LogP contribution in [0.5, 0.6) is 0 Å². The summed E-state index contributed by atoms with van der Waals surface area (Å²) in [7, 11) is 0. The van der Waals surface area contributed by atoms with E-state index in [4.69, 9.17) is 0 Å². The van der Waals surface area contributed by atoms with E-state index in [-0.39, 0.29) is 0 Å². The first kappa shape index (κ1) is 13.9. The van der Waals surface area contributed by atoms with E-state index in [9.17, 15) is 0 Å². The largest absolute Gasteiger partial charge is 0.371 e. The molecule has 1 aromatic heterocycles. The van der Waals surface area contributed by atoms with Crippen LogP contribution in [0.4, 0.5) is 5.69 Å². The Hall–Kier alpha value is -1.09. The van der Waals surface area contributed by atoms with Crippen molar-refractivity contribution in [1.29, 1.82) is 0 Å². The number of aromatic nitrogens is 1. The van der Waals surface area contributed by atoms with Crippen LogP contribution in [0.2, 0.25) is 0 Å². The van der Waals surface area contributed by atoms with Gasteiger partial charge in [-0.1, -0.05) is 6.42 Å². The highest BCUT2D eigenvalue weighted by atomic mass is 15.1. The van der Waals surface area contributed by atoms with Gasteiger partial charge in [-0.05, 0) is 51.5 Å². The smallest absolute Gasteiger partial charge is 0.0445 e. The van der Waals surface area contributed by atoms with Crippen molar-refractivity contribution in [1.82, 2.24) is 10.3 Å². The van der Waals surface area contributed by atoms with E-state index in [1.165, 1.54) is 49.9 Å². The van der Waals surface area contributed by atoms with Crippen LogP contribution in [0.1, 0.15) is 50.3 Å². The maximum Gasteiger partial charge on any atom is 0.0445 e. The summed E-state index contributed by atoms with van der Waals surface area (Å²) in [6.45, 7) is 7.65. The Morgan fingerprint density at radius 2 is 2.10 bits per heavy atom. The van der Waals surface area contributed by atoms with Gasteiger partial charge in [0.1, 0.15) is 0 Å². The summed E-state index contributed by atoms with van der Waals surface area (Å²) < 4.78 is 0. The summed E-state index contributed by atoms with van der Waals surface area (Å²) in [6.07, 6.45) is 9.01. The molecule has 0 atom stereocenters. The molecular weight excluding hydrogens is 246 g/mol. The molecule has 0 aliphatic heterocycles. The number of nitrogens with zero attached hydrogens (tertiary/aromatic N) is 2. The van der Waals surface area contributed by atoms with Gasteiger partial charge in [0, 0.05) is 48.8 Å². The van der Waals surface area contributed by atoms with Crippen LogP contribution >= 0.6 is 0 Å². The number of hydrogen-bond donors (Lipinski definition) is 1. The lowest BCUT2D eigenvalue weighted by molar-refractivity contribution is 0.318. The molecule has 110 valence electrons. The molecule has 2 aliphatic rings. The van der Waals surface area contributed by atoms with Crippen LogP contribution in [0, 0.1) is 12.8 Å². The topological polar surface area (TPSA) is 28.2 Å². The molecule has 20 heavy (non-hydrogen) atoms. The fraction of sp³-hybridized carbons (Fsp3) is 0.706. The fourth-order valence-electron chi connectivity index (χ4n) is 2.93. The minimum atomic E-state index is 0.755. The highest BCUT2D eigenvalue weighted by Gasteiger charge is 2.23. The lowest BCUT2D eigenvalue weighted by atomic mass is 9.85. The van der Waals surface area contributed by atoms with E-state index in [1.807, 2.05) is 0 Å². The molecule has 3 rings (SSSR count). The van der Waals surface area contributed by atoms with Gasteiger partial charge in [0.25, 0.3) is 0 Å². The van der Waals surface area contributed by atoms with Crippen molar-refractivity contribution < 1.29 is 0 Å². The predicted molar refractivity (Wildman–Crippen MR) is 84.1 cm³/mol. The molecule has 1 heterocycles. The molecule has 0 spiro atoms. The van der Waals surface area contributed by atoms with Crippen LogP contribution in [-0.2, 0) is 6.54 Å². The molecule has 0 unspecified atom stereocenters. The Morgan fingerprint density at radius 1 is 1.30 bits per heavy atom. The molecule has 0 bridgehead atoms. The van der Waals surface area contributed by atoms with E-state index in [0.717, 1.165) is 30.7 Å². The second-order valence-corrected chi connectivity index (χ2v) is 6.45. The zero-order chi connectivity index (χ0) is 13.9. The van der Waals surface area contributed by atoms with Gasteiger partial charge in [-0.25, -0.2) is 0 Å². The third-order valence-corrected chi connectivity index (χ3v) is 4.68. The summed E-state index contributed by atoms with van der Waals surface area (Å²) in [6, 6.07) is 3.03. The van der Waals surface area contributed by atoms with Gasteiger partial charge in [-0.15, -0.1) is 0 Å². The average molecular weight is 273 g/mol. The molecule has 1 aromatic rings. The standard InChI is InChI=1S/C17H27N3/c1-3-20(12-14-5-4-6-14)17-9-13(2)18-10-15(17)11-19-16-7-8-16/h9-10,14,16,19H,3-8,11-12H2,1-2H3. The lowest BCUT2D eigenvalue weighted by Gasteiger charge is -2.34. The summed E-state index contributed by atoms with van der Waals surface area (Å²) in [5, 5.41) is 3.63. The minimum absolute atomic E-state index is 0.755. The molecule has 1 N–H and O–H groups in total. The van der Waals surface area contributed by atoms with Gasteiger partial charge < -0.3 is 10.2 Å². The molecule has 2 fully saturated rings. The quantitative estimate of drug-likeness (QED) is 0.826. The Morgan fingerprint density at radius 3 is 2.70 bits per heavy atom. The van der Waals surface area contributed by atoms with Crippen molar-refractivity contribution in [3.8, 4) is 0 Å². The van der Waals surface area contributed by atoms with Crippen LogP contribution in [0.3, 0.4) is 0 Å². The van der Waals surface area contributed by atoms with Crippen molar-refractivity contribution in [3.05, 3.63) is 23.5 Å². The number of hydrogen-bond acceptors (Lipinski definition) is 3. The molecule has 0 saturated heterocycles. The highest BCUT2D eigenvalue weighted by Crippen LogP contribution is 2.30. The van der Waals surface area contributed by atoms with Crippen LogP contribution in [0.25, 0.3) is 0 Å². The Balaban J connectivity index is 1.73. The second kappa shape index (κ2) is 6.13. The van der Waals surface area contributed by atoms with Gasteiger partial charge in [-0.3, -0.25) is 4.98 Å². The SMILES string of the molecule is CCN(CC1CCC1)c1cc(C)ncc1CNC1CC1. The molecule has 0 radical (unpaired) electrons. The lowest BCUT2D eigenvalue weighted by Crippen LogP contribution is -2.33. The molecule has 2 saturated carbocycles. The summed E-state index contributed by atoms with van der Waals surface area (Å²) in [5.74, 6) is 0.910. The molecule has 3 nitrogen and oxygen atoms in total. The third kappa shape index (κ3) is 3.32. The summed E-state index contributed by atoms with van der Waals surface area (Å²) >= 11 is 0. The zero-order valence-electron chi connectivity index (χ0n) is 12.9. The Kier molecular flexibility index (Phi) is 4.25. The molecule has 2 aliphatic carbocycles. The number of rotatable bonds is 7. The Labute approximate surface area is 122 Å². The van der Waals surface area contributed by atoms with E-state index in [1.54, 1.807) is 0 Å². The molecule has 0 aromatic carbocycles. The maximum absolute atomic E-state index is 4.50. The number of aryl methyl sites for hydroxylation is 1. The van der Waals surface area contributed by atoms with Crippen molar-refractivity contribution in [3.63, 3.8) is 0 Å². The molecule has 3 heteroatoms. The van der Waals surface area contributed by atoms with E-state index in [2.05, 4.69) is 41.3 Å². The zero-order valence-corrected chi connectivity index (χ0v) is 12.9. The molecular formula is C17H27N3. The summed E-state index contributed by atoms with van der Waals surface area (Å²) in [5.41, 5.74) is 3.89. The van der Waals surface area contributed by atoms with Gasteiger partial charge in [0.05, 0.1) is 0 Å². The number of pyridine rings is 1. The maximum atomic E-state index is 4.50. The van der Waals surface area contributed by atoms with Crippen LogP contribution < -0.4 is 10.2 Å². The number of nitrogens with one attached hydrogen (secondary N) is 1. The molecule has 0 amide bonds. The number of anilines is 1. The normalized spacial score (nSPS) is 18.9. The second-order valence-electron chi connectivity index (χ2n) is 6.45. The van der Waals surface area contributed by atoms with Crippen molar-refractivity contribution in [2.45, 2.75) is 58.5 Å². The van der Waals surface area contributed by atoms with Crippen LogP contribution in [0.15, 0.2) is 12.3 Å².